The molecule has 4 heteroatoms. The van der Waals surface area contributed by atoms with Crippen LogP contribution in [0.1, 0.15) is 41.0 Å². The molecule has 1 atom stereocenters. The molecule has 0 saturated heterocycles. The first-order chi connectivity index (χ1) is 8.40. The zero-order chi connectivity index (χ0) is 14.1. The standard InChI is InChI=1S/C14H31N3O/c1-6-16-14(18)7-13(8-15)17(9-11(2)3)10-12(4)5/h11-13H,6-10,15H2,1-5H3,(H,16,18). The summed E-state index contributed by atoms with van der Waals surface area (Å²) in [5.74, 6) is 1.28. The number of nitrogens with zero attached hydrogens (tertiary/aromatic N) is 1. The van der Waals surface area contributed by atoms with E-state index in [1.807, 2.05) is 6.92 Å². The van der Waals surface area contributed by atoms with E-state index in [0.717, 1.165) is 13.1 Å². The van der Waals surface area contributed by atoms with E-state index in [-0.39, 0.29) is 11.9 Å². The maximum absolute atomic E-state index is 11.7. The second-order valence-electron chi connectivity index (χ2n) is 5.79. The second kappa shape index (κ2) is 9.34. The fourth-order valence-electron chi connectivity index (χ4n) is 2.16. The number of nitrogens with two attached hydrogens (primary N) is 1. The average Bonchev–Trinajstić information content (AvgIpc) is 2.24. The zero-order valence-corrected chi connectivity index (χ0v) is 12.7. The Morgan fingerprint density at radius 1 is 1.17 bits per heavy atom. The number of nitrogens with one attached hydrogen (secondary N) is 1. The van der Waals surface area contributed by atoms with Gasteiger partial charge in [-0.25, -0.2) is 0 Å². The fraction of sp³-hybridized carbons (Fsp3) is 0.929. The molecule has 0 aliphatic heterocycles. The Morgan fingerprint density at radius 2 is 1.67 bits per heavy atom. The molecule has 0 aromatic rings. The lowest BCUT2D eigenvalue weighted by Gasteiger charge is -2.33. The Bertz CT molecular complexity index is 219. The molecule has 0 fully saturated rings. The van der Waals surface area contributed by atoms with Gasteiger partial charge in [0.25, 0.3) is 0 Å². The predicted octanol–water partition coefficient (Wildman–Crippen LogP) is 1.45. The molecule has 1 unspecified atom stereocenters. The topological polar surface area (TPSA) is 58.4 Å². The molecule has 0 aromatic carbocycles. The van der Waals surface area contributed by atoms with E-state index in [9.17, 15) is 4.79 Å². The molecule has 0 saturated carbocycles. The summed E-state index contributed by atoms with van der Waals surface area (Å²) < 4.78 is 0. The lowest BCUT2D eigenvalue weighted by molar-refractivity contribution is -0.122. The lowest BCUT2D eigenvalue weighted by Crippen LogP contribution is -2.46. The van der Waals surface area contributed by atoms with Crippen molar-refractivity contribution in [1.82, 2.24) is 10.2 Å². The zero-order valence-electron chi connectivity index (χ0n) is 12.7. The summed E-state index contributed by atoms with van der Waals surface area (Å²) in [5.41, 5.74) is 5.85. The van der Waals surface area contributed by atoms with Gasteiger partial charge in [-0.15, -0.1) is 0 Å². The van der Waals surface area contributed by atoms with Gasteiger partial charge in [-0.05, 0) is 18.8 Å². The minimum Gasteiger partial charge on any atom is -0.356 e. The van der Waals surface area contributed by atoms with Crippen LogP contribution in [0.25, 0.3) is 0 Å². The Labute approximate surface area is 112 Å². The summed E-state index contributed by atoms with van der Waals surface area (Å²) >= 11 is 0. The van der Waals surface area contributed by atoms with E-state index in [2.05, 4.69) is 37.9 Å². The van der Waals surface area contributed by atoms with Gasteiger partial charge in [0.1, 0.15) is 0 Å². The maximum Gasteiger partial charge on any atom is 0.221 e. The van der Waals surface area contributed by atoms with Crippen LogP contribution in [0, 0.1) is 11.8 Å². The van der Waals surface area contributed by atoms with Crippen LogP contribution in [-0.2, 0) is 4.79 Å². The van der Waals surface area contributed by atoms with E-state index in [4.69, 9.17) is 5.73 Å². The van der Waals surface area contributed by atoms with Crippen molar-refractivity contribution in [2.24, 2.45) is 17.6 Å². The van der Waals surface area contributed by atoms with Gasteiger partial charge in [0.05, 0.1) is 0 Å². The van der Waals surface area contributed by atoms with Gasteiger partial charge in [-0.2, -0.15) is 0 Å². The van der Waals surface area contributed by atoms with Crippen molar-refractivity contribution in [3.8, 4) is 0 Å². The van der Waals surface area contributed by atoms with Crippen LogP contribution in [0.4, 0.5) is 0 Å². The molecular weight excluding hydrogens is 226 g/mol. The Hall–Kier alpha value is -0.610. The molecule has 0 bridgehead atoms. The van der Waals surface area contributed by atoms with Crippen molar-refractivity contribution in [2.75, 3.05) is 26.2 Å². The minimum absolute atomic E-state index is 0.102. The van der Waals surface area contributed by atoms with Crippen LogP contribution in [0.2, 0.25) is 0 Å². The third-order valence-corrected chi connectivity index (χ3v) is 2.78. The molecule has 1 amide bonds. The minimum atomic E-state index is 0.102. The molecule has 0 aliphatic rings. The predicted molar refractivity (Wildman–Crippen MR) is 77.4 cm³/mol. The fourth-order valence-corrected chi connectivity index (χ4v) is 2.16. The van der Waals surface area contributed by atoms with Gasteiger partial charge in [0.15, 0.2) is 0 Å². The summed E-state index contributed by atoms with van der Waals surface area (Å²) in [6.45, 7) is 14.0. The highest BCUT2D eigenvalue weighted by atomic mass is 16.1. The van der Waals surface area contributed by atoms with Gasteiger partial charge in [0.2, 0.25) is 5.91 Å². The molecule has 4 nitrogen and oxygen atoms in total. The van der Waals surface area contributed by atoms with Crippen LogP contribution in [0.3, 0.4) is 0 Å². The summed E-state index contributed by atoms with van der Waals surface area (Å²) in [7, 11) is 0. The SMILES string of the molecule is CCNC(=O)CC(CN)N(CC(C)C)CC(C)C. The van der Waals surface area contributed by atoms with Gasteiger partial charge < -0.3 is 11.1 Å². The second-order valence-corrected chi connectivity index (χ2v) is 5.79. The number of carbonyl (C=O) groups excluding carboxylic acids is 1. The first kappa shape index (κ1) is 17.4. The summed E-state index contributed by atoms with van der Waals surface area (Å²) in [5, 5.41) is 2.85. The van der Waals surface area contributed by atoms with Crippen LogP contribution in [-0.4, -0.2) is 43.0 Å². The molecule has 0 spiro atoms. The number of hydrogen-bond acceptors (Lipinski definition) is 3. The highest BCUT2D eigenvalue weighted by molar-refractivity contribution is 5.76. The van der Waals surface area contributed by atoms with Crippen LogP contribution in [0.5, 0.6) is 0 Å². The van der Waals surface area contributed by atoms with Crippen molar-refractivity contribution in [1.29, 1.82) is 0 Å². The Morgan fingerprint density at radius 3 is 2.00 bits per heavy atom. The number of amides is 1. The third kappa shape index (κ3) is 7.67. The molecule has 18 heavy (non-hydrogen) atoms. The van der Waals surface area contributed by atoms with E-state index in [0.29, 0.717) is 31.3 Å². The summed E-state index contributed by atoms with van der Waals surface area (Å²) in [6.07, 6.45) is 0.504. The monoisotopic (exact) mass is 257 g/mol. The molecular formula is C14H31N3O. The number of carbonyl (C=O) groups is 1. The first-order valence-electron chi connectivity index (χ1n) is 7.11. The van der Waals surface area contributed by atoms with Crippen LogP contribution in [0.15, 0.2) is 0 Å². The largest absolute Gasteiger partial charge is 0.356 e. The average molecular weight is 257 g/mol. The Kier molecular flexibility index (Phi) is 9.02. The molecule has 0 aromatic heterocycles. The van der Waals surface area contributed by atoms with Gasteiger partial charge in [-0.1, -0.05) is 27.7 Å². The van der Waals surface area contributed by atoms with Gasteiger partial charge in [0, 0.05) is 38.6 Å². The van der Waals surface area contributed by atoms with Crippen molar-refractivity contribution in [2.45, 2.75) is 47.1 Å². The smallest absolute Gasteiger partial charge is 0.221 e. The molecule has 0 aliphatic carbocycles. The van der Waals surface area contributed by atoms with E-state index >= 15 is 0 Å². The summed E-state index contributed by atoms with van der Waals surface area (Å²) in [6, 6.07) is 0.154. The highest BCUT2D eigenvalue weighted by Crippen LogP contribution is 2.10. The van der Waals surface area contributed by atoms with E-state index < -0.39 is 0 Å². The third-order valence-electron chi connectivity index (χ3n) is 2.78. The maximum atomic E-state index is 11.7. The van der Waals surface area contributed by atoms with Crippen molar-refractivity contribution < 1.29 is 4.79 Å². The molecule has 0 radical (unpaired) electrons. The van der Waals surface area contributed by atoms with Gasteiger partial charge >= 0.3 is 0 Å². The molecule has 0 heterocycles. The van der Waals surface area contributed by atoms with Crippen molar-refractivity contribution >= 4 is 5.91 Å². The molecule has 0 rings (SSSR count). The molecule has 108 valence electrons. The molecule has 3 N–H and O–H groups in total. The van der Waals surface area contributed by atoms with Crippen molar-refractivity contribution in [3.63, 3.8) is 0 Å². The van der Waals surface area contributed by atoms with Crippen LogP contribution < -0.4 is 11.1 Å². The quantitative estimate of drug-likeness (QED) is 0.657. The van der Waals surface area contributed by atoms with E-state index in [1.54, 1.807) is 0 Å². The van der Waals surface area contributed by atoms with E-state index in [1.165, 1.54) is 0 Å². The highest BCUT2D eigenvalue weighted by Gasteiger charge is 2.21. The van der Waals surface area contributed by atoms with Crippen LogP contribution >= 0.6 is 0 Å². The number of hydrogen-bond donors (Lipinski definition) is 2. The number of rotatable bonds is 9. The summed E-state index contributed by atoms with van der Waals surface area (Å²) in [4.78, 5) is 14.1. The van der Waals surface area contributed by atoms with Gasteiger partial charge in [-0.3, -0.25) is 9.69 Å². The Balaban J connectivity index is 4.53. The van der Waals surface area contributed by atoms with Crippen molar-refractivity contribution in [3.05, 3.63) is 0 Å². The lowest BCUT2D eigenvalue weighted by atomic mass is 10.1. The first-order valence-corrected chi connectivity index (χ1v) is 7.11. The normalized spacial score (nSPS) is 13.4.